The maximum atomic E-state index is 2.37. The van der Waals surface area contributed by atoms with Gasteiger partial charge in [-0.25, -0.2) is 0 Å². The van der Waals surface area contributed by atoms with Crippen molar-refractivity contribution in [3.05, 3.63) is 0 Å². The fourth-order valence-corrected chi connectivity index (χ4v) is 11.7. The van der Waals surface area contributed by atoms with Crippen molar-refractivity contribution in [1.82, 2.24) is 0 Å². The van der Waals surface area contributed by atoms with Crippen LogP contribution in [0.4, 0.5) is 0 Å². The van der Waals surface area contributed by atoms with Crippen molar-refractivity contribution < 1.29 is 0 Å². The Morgan fingerprint density at radius 3 is 0.639 bits per heavy atom. The molecule has 0 N–H and O–H groups in total. The van der Waals surface area contributed by atoms with Crippen LogP contribution in [0.2, 0.25) is 0 Å². The van der Waals surface area contributed by atoms with E-state index in [-0.39, 0.29) is 17.0 Å². The van der Waals surface area contributed by atoms with Crippen molar-refractivity contribution in [2.75, 3.05) is 24.6 Å². The molecule has 0 aromatic heterocycles. The average Bonchev–Trinajstić information content (AvgIpc) is 2.87. The van der Waals surface area contributed by atoms with Crippen molar-refractivity contribution in [3.8, 4) is 0 Å². The predicted molar refractivity (Wildman–Crippen MR) is 181 cm³/mol. The van der Waals surface area contributed by atoms with Crippen LogP contribution in [0.1, 0.15) is 195 Å². The summed E-state index contributed by atoms with van der Waals surface area (Å²) in [6, 6.07) is 0. The number of hydrogen-bond acceptors (Lipinski definition) is 0. The van der Waals surface area contributed by atoms with Crippen LogP contribution in [0.5, 0.6) is 0 Å². The predicted octanol–water partition coefficient (Wildman–Crippen LogP) is 13.5. The van der Waals surface area contributed by atoms with E-state index in [9.17, 15) is 0 Å². The van der Waals surface area contributed by atoms with Gasteiger partial charge in [-0.05, 0) is 0 Å². The van der Waals surface area contributed by atoms with Gasteiger partial charge in [-0.3, -0.25) is 0 Å². The first kappa shape index (κ1) is 39.1. The van der Waals surface area contributed by atoms with E-state index < -0.39 is 7.26 Å². The molecule has 0 aromatic rings. The third-order valence-corrected chi connectivity index (χ3v) is 14.4. The van der Waals surface area contributed by atoms with Crippen LogP contribution in [0.25, 0.3) is 0 Å². The summed E-state index contributed by atoms with van der Waals surface area (Å²) < 4.78 is 0. The summed E-state index contributed by atoms with van der Waals surface area (Å²) in [6.45, 7) is 9.43. The van der Waals surface area contributed by atoms with E-state index in [2.05, 4.69) is 27.7 Å². The summed E-state index contributed by atoms with van der Waals surface area (Å²) in [5, 5.41) is 0. The molecule has 2 heteroatoms. The second-order valence-electron chi connectivity index (χ2n) is 12.3. The van der Waals surface area contributed by atoms with Gasteiger partial charge in [-0.2, -0.15) is 0 Å². The van der Waals surface area contributed by atoms with Gasteiger partial charge >= 0.3 is 200 Å². The van der Waals surface area contributed by atoms with Crippen LogP contribution < -0.4 is 0 Å². The van der Waals surface area contributed by atoms with Crippen LogP contribution in [-0.4, -0.2) is 24.6 Å². The molecule has 0 saturated heterocycles. The van der Waals surface area contributed by atoms with E-state index in [0.717, 1.165) is 0 Å². The zero-order chi connectivity index (χ0) is 25.7. The van der Waals surface area contributed by atoms with Crippen LogP contribution in [0, 0.1) is 0 Å². The second-order valence-corrected chi connectivity index (χ2v) is 17.3. The van der Waals surface area contributed by atoms with Crippen molar-refractivity contribution in [2.24, 2.45) is 0 Å². The molecular weight excluding hydrogens is 519 g/mol. The first-order valence-corrected chi connectivity index (χ1v) is 20.1. The maximum absolute atomic E-state index is 2.37. The van der Waals surface area contributed by atoms with Crippen molar-refractivity contribution in [1.29, 1.82) is 0 Å². The minimum absolute atomic E-state index is 0. The number of halogens is 1. The molecule has 0 heterocycles. The normalized spacial score (nSPS) is 12.1. The third-order valence-electron chi connectivity index (χ3n) is 8.74. The van der Waals surface area contributed by atoms with E-state index in [1.54, 1.807) is 50.3 Å². The molecule has 0 atom stereocenters. The first-order valence-electron chi connectivity index (χ1n) is 17.2. The van der Waals surface area contributed by atoms with Gasteiger partial charge in [0.05, 0.1) is 0 Å². The molecule has 36 heavy (non-hydrogen) atoms. The molecule has 0 unspecified atom stereocenters. The Morgan fingerprint density at radius 1 is 0.250 bits per heavy atom. The summed E-state index contributed by atoms with van der Waals surface area (Å²) in [7, 11) is -1.05. The Balaban J connectivity index is 0. The van der Waals surface area contributed by atoms with Crippen molar-refractivity contribution in [2.45, 2.75) is 195 Å². The van der Waals surface area contributed by atoms with Crippen LogP contribution in [0.3, 0.4) is 0 Å². The molecule has 0 amide bonds. The van der Waals surface area contributed by atoms with Crippen LogP contribution >= 0.6 is 24.2 Å². The topological polar surface area (TPSA) is 0 Å². The van der Waals surface area contributed by atoms with Crippen LogP contribution in [0.15, 0.2) is 0 Å². The quantitative estimate of drug-likeness (QED) is 0.0574. The van der Waals surface area contributed by atoms with E-state index in [1.807, 2.05) is 0 Å². The standard InChI is InChI=1S/C34H73P.BrH/c1-5-9-13-17-18-19-20-21-22-23-24-25-26-30-34-35(31-27-14-10-6-2,32-28-15-11-7-3)33-29-16-12-8-4;/h35H,5-34H2,1-4H3;1H. The molecule has 0 fully saturated rings. The Bertz CT molecular complexity index is 352. The Labute approximate surface area is 242 Å². The Kier molecular flexibility index (Phi) is 34.8. The molecule has 0 spiro atoms. The number of rotatable bonds is 30. The van der Waals surface area contributed by atoms with E-state index in [1.165, 1.54) is 141 Å². The van der Waals surface area contributed by atoms with Gasteiger partial charge in [0.15, 0.2) is 0 Å². The van der Waals surface area contributed by atoms with Gasteiger partial charge in [-0.1, -0.05) is 26.2 Å². The molecule has 0 rings (SSSR count). The van der Waals surface area contributed by atoms with E-state index >= 15 is 0 Å². The van der Waals surface area contributed by atoms with Gasteiger partial charge in [0, 0.05) is 0 Å². The van der Waals surface area contributed by atoms with E-state index in [4.69, 9.17) is 0 Å². The minimum atomic E-state index is -1.05. The van der Waals surface area contributed by atoms with Crippen molar-refractivity contribution in [3.63, 3.8) is 0 Å². The zero-order valence-electron chi connectivity index (χ0n) is 26.1. The fraction of sp³-hybridized carbons (Fsp3) is 1.00. The summed E-state index contributed by atoms with van der Waals surface area (Å²) in [4.78, 5) is 0. The summed E-state index contributed by atoms with van der Waals surface area (Å²) in [6.07, 6.45) is 45.3. The van der Waals surface area contributed by atoms with Gasteiger partial charge in [0.2, 0.25) is 0 Å². The molecule has 0 aliphatic carbocycles. The number of hydrogen-bond donors (Lipinski definition) is 0. The Hall–Kier alpha value is 0.910. The summed E-state index contributed by atoms with van der Waals surface area (Å²) in [5.74, 6) is 0. The fourth-order valence-electron chi connectivity index (χ4n) is 6.22. The molecule has 0 radical (unpaired) electrons. The molecule has 0 bridgehead atoms. The van der Waals surface area contributed by atoms with E-state index in [0.29, 0.717) is 0 Å². The van der Waals surface area contributed by atoms with Gasteiger partial charge in [0.25, 0.3) is 0 Å². The monoisotopic (exact) mass is 592 g/mol. The molecule has 0 nitrogen and oxygen atoms in total. The molecule has 0 aromatic carbocycles. The van der Waals surface area contributed by atoms with Crippen molar-refractivity contribution >= 4 is 24.2 Å². The molecule has 222 valence electrons. The van der Waals surface area contributed by atoms with Gasteiger partial charge in [0.1, 0.15) is 0 Å². The summed E-state index contributed by atoms with van der Waals surface area (Å²) in [5.41, 5.74) is 0. The van der Waals surface area contributed by atoms with Gasteiger partial charge in [-0.15, -0.1) is 17.0 Å². The average molecular weight is 594 g/mol. The first-order chi connectivity index (χ1) is 17.2. The van der Waals surface area contributed by atoms with Gasteiger partial charge < -0.3 is 0 Å². The molecular formula is C34H74BrP. The molecule has 0 saturated carbocycles. The number of unbranched alkanes of at least 4 members (excludes halogenated alkanes) is 22. The summed E-state index contributed by atoms with van der Waals surface area (Å²) >= 11 is 0. The van der Waals surface area contributed by atoms with Crippen LogP contribution in [-0.2, 0) is 0 Å². The third kappa shape index (κ3) is 26.5. The molecule has 0 aliphatic rings. The second kappa shape index (κ2) is 32.1. The Morgan fingerprint density at radius 2 is 0.417 bits per heavy atom. The molecule has 0 aliphatic heterocycles. The zero-order valence-corrected chi connectivity index (χ0v) is 28.8. The SMILES string of the molecule is Br.CCCCCCCCCCCCCCCC[PH](CCCCCC)(CCCCCC)CCCCCC.